The zero-order chi connectivity index (χ0) is 15.8. The molecular weight excluding hydrogens is 307 g/mol. The van der Waals surface area contributed by atoms with Crippen LogP contribution in [0.25, 0.3) is 0 Å². The SMILES string of the molecule is Cc1ccc(C2CN(CC(F)(F)F)CC2C(=O)O)c(Cl)c1. The average Bonchev–Trinajstić information content (AvgIpc) is 2.70. The van der Waals surface area contributed by atoms with E-state index in [1.54, 1.807) is 18.2 Å². The Morgan fingerprint density at radius 1 is 1.43 bits per heavy atom. The van der Waals surface area contributed by atoms with Crippen LogP contribution in [0.3, 0.4) is 0 Å². The molecule has 0 aliphatic carbocycles. The number of aryl methyl sites for hydroxylation is 1. The molecule has 2 unspecified atom stereocenters. The second kappa shape index (κ2) is 5.85. The zero-order valence-electron chi connectivity index (χ0n) is 11.3. The van der Waals surface area contributed by atoms with Gasteiger partial charge in [0, 0.05) is 24.0 Å². The molecule has 1 aromatic rings. The van der Waals surface area contributed by atoms with Crippen LogP contribution in [0.1, 0.15) is 17.0 Å². The Bertz CT molecular complexity index is 548. The average molecular weight is 322 g/mol. The molecule has 1 aliphatic rings. The van der Waals surface area contributed by atoms with E-state index in [-0.39, 0.29) is 13.1 Å². The van der Waals surface area contributed by atoms with Gasteiger partial charge >= 0.3 is 12.1 Å². The highest BCUT2D eigenvalue weighted by Gasteiger charge is 2.43. The van der Waals surface area contributed by atoms with Gasteiger partial charge < -0.3 is 5.11 Å². The minimum Gasteiger partial charge on any atom is -0.481 e. The number of likely N-dealkylation sites (tertiary alicyclic amines) is 1. The van der Waals surface area contributed by atoms with Gasteiger partial charge in [-0.3, -0.25) is 9.69 Å². The van der Waals surface area contributed by atoms with Gasteiger partial charge in [0.2, 0.25) is 0 Å². The second-order valence-electron chi connectivity index (χ2n) is 5.39. The molecule has 21 heavy (non-hydrogen) atoms. The first-order chi connectivity index (χ1) is 9.67. The molecule has 1 aliphatic heterocycles. The maximum absolute atomic E-state index is 12.5. The number of hydrogen-bond acceptors (Lipinski definition) is 2. The van der Waals surface area contributed by atoms with Gasteiger partial charge in [0.05, 0.1) is 12.5 Å². The Kier molecular flexibility index (Phi) is 4.49. The summed E-state index contributed by atoms with van der Waals surface area (Å²) in [5.41, 5.74) is 1.51. The van der Waals surface area contributed by atoms with Crippen LogP contribution in [-0.4, -0.2) is 41.8 Å². The fourth-order valence-electron chi connectivity index (χ4n) is 2.77. The third-order valence-corrected chi connectivity index (χ3v) is 4.00. The van der Waals surface area contributed by atoms with Crippen LogP contribution < -0.4 is 0 Å². The van der Waals surface area contributed by atoms with Crippen molar-refractivity contribution in [1.29, 1.82) is 0 Å². The van der Waals surface area contributed by atoms with E-state index in [4.69, 9.17) is 11.6 Å². The molecule has 1 heterocycles. The monoisotopic (exact) mass is 321 g/mol. The molecule has 0 radical (unpaired) electrons. The summed E-state index contributed by atoms with van der Waals surface area (Å²) in [5, 5.41) is 9.66. The topological polar surface area (TPSA) is 40.5 Å². The lowest BCUT2D eigenvalue weighted by molar-refractivity contribution is -0.147. The quantitative estimate of drug-likeness (QED) is 0.928. The summed E-state index contributed by atoms with van der Waals surface area (Å²) in [4.78, 5) is 12.4. The van der Waals surface area contributed by atoms with Crippen molar-refractivity contribution in [3.63, 3.8) is 0 Å². The van der Waals surface area contributed by atoms with Crippen LogP contribution in [0.5, 0.6) is 0 Å². The largest absolute Gasteiger partial charge is 0.481 e. The molecule has 1 aromatic carbocycles. The fraction of sp³-hybridized carbons (Fsp3) is 0.500. The Morgan fingerprint density at radius 3 is 2.62 bits per heavy atom. The zero-order valence-corrected chi connectivity index (χ0v) is 12.1. The van der Waals surface area contributed by atoms with Gasteiger partial charge in [-0.25, -0.2) is 0 Å². The number of rotatable bonds is 3. The maximum atomic E-state index is 12.5. The lowest BCUT2D eigenvalue weighted by atomic mass is 9.88. The van der Waals surface area contributed by atoms with Crippen molar-refractivity contribution in [3.8, 4) is 0 Å². The highest BCUT2D eigenvalue weighted by atomic mass is 35.5. The van der Waals surface area contributed by atoms with Gasteiger partial charge in [0.15, 0.2) is 0 Å². The van der Waals surface area contributed by atoms with E-state index in [0.29, 0.717) is 10.6 Å². The summed E-state index contributed by atoms with van der Waals surface area (Å²) in [6.45, 7) is 0.661. The number of carboxylic acid groups (broad SMARTS) is 1. The molecule has 0 bridgehead atoms. The Labute approximate surface area is 125 Å². The van der Waals surface area contributed by atoms with Crippen LogP contribution in [0, 0.1) is 12.8 Å². The van der Waals surface area contributed by atoms with Crippen LogP contribution in [-0.2, 0) is 4.79 Å². The molecule has 0 spiro atoms. The standard InChI is InChI=1S/C14H15ClF3NO2/c1-8-2-3-9(12(15)4-8)10-5-19(7-14(16,17)18)6-11(10)13(20)21/h2-4,10-11H,5-7H2,1H3,(H,20,21). The Hall–Kier alpha value is -1.27. The number of carboxylic acids is 1. The number of aliphatic carboxylic acids is 1. The van der Waals surface area contributed by atoms with E-state index < -0.39 is 30.5 Å². The third kappa shape index (κ3) is 3.89. The molecule has 0 amide bonds. The molecule has 3 nitrogen and oxygen atoms in total. The molecule has 1 N–H and O–H groups in total. The minimum absolute atomic E-state index is 0.0409. The molecule has 0 aromatic heterocycles. The Morgan fingerprint density at radius 2 is 2.10 bits per heavy atom. The number of halogens is 4. The van der Waals surface area contributed by atoms with E-state index in [2.05, 4.69) is 0 Å². The lowest BCUT2D eigenvalue weighted by Gasteiger charge is -2.18. The van der Waals surface area contributed by atoms with Crippen molar-refractivity contribution in [1.82, 2.24) is 4.90 Å². The molecular formula is C14H15ClF3NO2. The molecule has 1 saturated heterocycles. The molecule has 1 fully saturated rings. The summed E-state index contributed by atoms with van der Waals surface area (Å²) < 4.78 is 37.4. The summed E-state index contributed by atoms with van der Waals surface area (Å²) in [7, 11) is 0. The molecule has 2 rings (SSSR count). The van der Waals surface area contributed by atoms with Gasteiger partial charge in [-0.2, -0.15) is 13.2 Å². The van der Waals surface area contributed by atoms with Crippen molar-refractivity contribution >= 4 is 17.6 Å². The van der Waals surface area contributed by atoms with E-state index in [1.165, 1.54) is 0 Å². The van der Waals surface area contributed by atoms with Gasteiger partial charge in [-0.05, 0) is 24.1 Å². The van der Waals surface area contributed by atoms with Gasteiger partial charge in [-0.15, -0.1) is 0 Å². The molecule has 7 heteroatoms. The lowest BCUT2D eigenvalue weighted by Crippen LogP contribution is -2.33. The van der Waals surface area contributed by atoms with Gasteiger partial charge in [0.25, 0.3) is 0 Å². The smallest absolute Gasteiger partial charge is 0.401 e. The highest BCUT2D eigenvalue weighted by molar-refractivity contribution is 6.31. The van der Waals surface area contributed by atoms with Crippen LogP contribution in [0.2, 0.25) is 5.02 Å². The van der Waals surface area contributed by atoms with Crippen LogP contribution >= 0.6 is 11.6 Å². The first-order valence-electron chi connectivity index (χ1n) is 6.45. The molecule has 0 saturated carbocycles. The number of carbonyl (C=O) groups is 1. The second-order valence-corrected chi connectivity index (χ2v) is 5.79. The van der Waals surface area contributed by atoms with Crippen molar-refractivity contribution in [3.05, 3.63) is 34.3 Å². The molecule has 2 atom stereocenters. The minimum atomic E-state index is -4.34. The number of benzene rings is 1. The summed E-state index contributed by atoms with van der Waals surface area (Å²) in [6.07, 6.45) is -4.34. The fourth-order valence-corrected chi connectivity index (χ4v) is 3.14. The van der Waals surface area contributed by atoms with E-state index in [1.807, 2.05) is 6.92 Å². The highest BCUT2D eigenvalue weighted by Crippen LogP contribution is 2.37. The first kappa shape index (κ1) is 16.1. The van der Waals surface area contributed by atoms with Crippen LogP contribution in [0.15, 0.2) is 18.2 Å². The van der Waals surface area contributed by atoms with Crippen LogP contribution in [0.4, 0.5) is 13.2 Å². The summed E-state index contributed by atoms with van der Waals surface area (Å²) in [6, 6.07) is 5.18. The van der Waals surface area contributed by atoms with E-state index >= 15 is 0 Å². The van der Waals surface area contributed by atoms with E-state index in [9.17, 15) is 23.1 Å². The van der Waals surface area contributed by atoms with Gasteiger partial charge in [-0.1, -0.05) is 23.7 Å². The maximum Gasteiger partial charge on any atom is 0.401 e. The summed E-state index contributed by atoms with van der Waals surface area (Å²) in [5.74, 6) is -2.51. The van der Waals surface area contributed by atoms with Crippen molar-refractivity contribution < 1.29 is 23.1 Å². The molecule has 116 valence electrons. The van der Waals surface area contributed by atoms with Gasteiger partial charge in [0.1, 0.15) is 0 Å². The van der Waals surface area contributed by atoms with E-state index in [0.717, 1.165) is 10.5 Å². The first-order valence-corrected chi connectivity index (χ1v) is 6.83. The number of nitrogens with zero attached hydrogens (tertiary/aromatic N) is 1. The number of hydrogen-bond donors (Lipinski definition) is 1. The number of alkyl halides is 3. The summed E-state index contributed by atoms with van der Waals surface area (Å²) >= 11 is 6.13. The van der Waals surface area contributed by atoms with Crippen molar-refractivity contribution in [2.24, 2.45) is 5.92 Å². The Balaban J connectivity index is 2.26. The predicted molar refractivity (Wildman–Crippen MR) is 72.6 cm³/mol. The third-order valence-electron chi connectivity index (χ3n) is 3.67. The predicted octanol–water partition coefficient (Wildman–Crippen LogP) is 3.31. The normalized spacial score (nSPS) is 23.5. The van der Waals surface area contributed by atoms with Crippen molar-refractivity contribution in [2.45, 2.75) is 19.0 Å². The van der Waals surface area contributed by atoms with Crippen molar-refractivity contribution in [2.75, 3.05) is 19.6 Å².